The minimum Gasteiger partial charge on any atom is -0.166 e. The van der Waals surface area contributed by atoms with Gasteiger partial charge in [0.2, 0.25) is 0 Å². The highest BCUT2D eigenvalue weighted by molar-refractivity contribution is 5.64. The van der Waals surface area contributed by atoms with Crippen LogP contribution in [0.5, 0.6) is 0 Å². The van der Waals surface area contributed by atoms with E-state index in [1.807, 2.05) is 12.1 Å². The molecule has 2 aromatic carbocycles. The van der Waals surface area contributed by atoms with E-state index in [9.17, 15) is 13.2 Å². The molecule has 21 heavy (non-hydrogen) atoms. The van der Waals surface area contributed by atoms with Gasteiger partial charge in [0.25, 0.3) is 0 Å². The van der Waals surface area contributed by atoms with Gasteiger partial charge in [-0.2, -0.15) is 13.2 Å². The van der Waals surface area contributed by atoms with Crippen molar-refractivity contribution in [1.29, 1.82) is 0 Å². The number of aryl methyl sites for hydroxylation is 1. The summed E-state index contributed by atoms with van der Waals surface area (Å²) in [7, 11) is 0. The van der Waals surface area contributed by atoms with E-state index in [4.69, 9.17) is 0 Å². The highest BCUT2D eigenvalue weighted by atomic mass is 19.4. The smallest absolute Gasteiger partial charge is 0.166 e. The van der Waals surface area contributed by atoms with Crippen LogP contribution in [0.4, 0.5) is 13.2 Å². The summed E-state index contributed by atoms with van der Waals surface area (Å²) < 4.78 is 37.6. The summed E-state index contributed by atoms with van der Waals surface area (Å²) in [5.41, 5.74) is 2.42. The normalized spacial score (nSPS) is 11.6. The molecule has 0 bridgehead atoms. The predicted octanol–water partition coefficient (Wildman–Crippen LogP) is 6.11. The number of unbranched alkanes of at least 4 members (excludes halogenated alkanes) is 2. The Morgan fingerprint density at radius 2 is 1.29 bits per heavy atom. The van der Waals surface area contributed by atoms with Crippen LogP contribution in [-0.2, 0) is 12.6 Å². The molecule has 2 aromatic rings. The van der Waals surface area contributed by atoms with Crippen LogP contribution in [0.2, 0.25) is 0 Å². The van der Waals surface area contributed by atoms with Crippen molar-refractivity contribution in [3.05, 3.63) is 59.7 Å². The zero-order valence-electron chi connectivity index (χ0n) is 12.1. The molecule has 2 rings (SSSR count). The van der Waals surface area contributed by atoms with E-state index in [2.05, 4.69) is 19.1 Å². The highest BCUT2D eigenvalue weighted by Crippen LogP contribution is 2.31. The minimum atomic E-state index is -4.28. The summed E-state index contributed by atoms with van der Waals surface area (Å²) in [5.74, 6) is 0. The summed E-state index contributed by atoms with van der Waals surface area (Å²) >= 11 is 0. The van der Waals surface area contributed by atoms with E-state index in [0.717, 1.165) is 29.7 Å². The largest absolute Gasteiger partial charge is 0.416 e. The van der Waals surface area contributed by atoms with Gasteiger partial charge < -0.3 is 0 Å². The molecule has 0 aliphatic heterocycles. The van der Waals surface area contributed by atoms with Crippen molar-refractivity contribution in [2.75, 3.05) is 0 Å². The molecule has 0 fully saturated rings. The number of rotatable bonds is 5. The Labute approximate surface area is 123 Å². The highest BCUT2D eigenvalue weighted by Gasteiger charge is 2.29. The van der Waals surface area contributed by atoms with Gasteiger partial charge in [-0.3, -0.25) is 0 Å². The van der Waals surface area contributed by atoms with E-state index in [0.29, 0.717) is 0 Å². The molecule has 0 spiro atoms. The molecule has 0 radical (unpaired) electrons. The molecule has 112 valence electrons. The number of alkyl halides is 3. The van der Waals surface area contributed by atoms with Crippen LogP contribution in [0, 0.1) is 0 Å². The monoisotopic (exact) mass is 292 g/mol. The van der Waals surface area contributed by atoms with Crippen LogP contribution in [0.15, 0.2) is 48.5 Å². The third kappa shape index (κ3) is 4.35. The van der Waals surface area contributed by atoms with Gasteiger partial charge in [-0.25, -0.2) is 0 Å². The maximum Gasteiger partial charge on any atom is 0.416 e. The molecule has 0 saturated heterocycles. The average molecular weight is 292 g/mol. The van der Waals surface area contributed by atoms with Crippen LogP contribution in [-0.4, -0.2) is 0 Å². The molecular formula is C18H19F3. The standard InChI is InChI=1S/C18H19F3/c1-2-3-4-5-14-6-8-15(9-7-14)16-10-12-17(13-11-16)18(19,20)21/h6-13H,2-5H2,1H3. The lowest BCUT2D eigenvalue weighted by Gasteiger charge is -2.08. The number of hydrogen-bond donors (Lipinski definition) is 0. The molecule has 0 atom stereocenters. The Morgan fingerprint density at radius 1 is 0.762 bits per heavy atom. The Bertz CT molecular complexity index is 551. The summed E-state index contributed by atoms with van der Waals surface area (Å²) in [4.78, 5) is 0. The molecular weight excluding hydrogens is 273 g/mol. The maximum absolute atomic E-state index is 12.5. The third-order valence-corrected chi connectivity index (χ3v) is 3.57. The van der Waals surface area contributed by atoms with Crippen LogP contribution in [0.3, 0.4) is 0 Å². The quantitative estimate of drug-likeness (QED) is 0.584. The SMILES string of the molecule is CCCCCc1ccc(-c2ccc(C(F)(F)F)cc2)cc1. The number of halogens is 3. The average Bonchev–Trinajstić information content (AvgIpc) is 2.48. The van der Waals surface area contributed by atoms with Crippen LogP contribution < -0.4 is 0 Å². The fourth-order valence-corrected chi connectivity index (χ4v) is 2.29. The molecule has 0 aromatic heterocycles. The Kier molecular flexibility index (Phi) is 5.05. The lowest BCUT2D eigenvalue weighted by Crippen LogP contribution is -2.03. The zero-order valence-corrected chi connectivity index (χ0v) is 12.1. The van der Waals surface area contributed by atoms with Crippen molar-refractivity contribution >= 4 is 0 Å². The third-order valence-electron chi connectivity index (χ3n) is 3.57. The van der Waals surface area contributed by atoms with Crippen molar-refractivity contribution in [3.8, 4) is 11.1 Å². The first-order chi connectivity index (χ1) is 10.0. The van der Waals surface area contributed by atoms with Crippen molar-refractivity contribution in [2.45, 2.75) is 38.8 Å². The first-order valence-corrected chi connectivity index (χ1v) is 7.27. The van der Waals surface area contributed by atoms with Gasteiger partial charge in [0, 0.05) is 0 Å². The molecule has 0 unspecified atom stereocenters. The van der Waals surface area contributed by atoms with Crippen LogP contribution in [0.1, 0.15) is 37.3 Å². The number of hydrogen-bond acceptors (Lipinski definition) is 0. The van der Waals surface area contributed by atoms with Gasteiger partial charge in [-0.15, -0.1) is 0 Å². The van der Waals surface area contributed by atoms with Gasteiger partial charge in [0.15, 0.2) is 0 Å². The van der Waals surface area contributed by atoms with E-state index in [-0.39, 0.29) is 0 Å². The van der Waals surface area contributed by atoms with Crippen molar-refractivity contribution in [3.63, 3.8) is 0 Å². The van der Waals surface area contributed by atoms with Crippen molar-refractivity contribution in [2.24, 2.45) is 0 Å². The molecule has 0 aliphatic carbocycles. The lowest BCUT2D eigenvalue weighted by molar-refractivity contribution is -0.137. The van der Waals surface area contributed by atoms with Crippen LogP contribution >= 0.6 is 0 Å². The fourth-order valence-electron chi connectivity index (χ4n) is 2.29. The van der Waals surface area contributed by atoms with Crippen molar-refractivity contribution in [1.82, 2.24) is 0 Å². The van der Waals surface area contributed by atoms with E-state index < -0.39 is 11.7 Å². The van der Waals surface area contributed by atoms with E-state index in [1.165, 1.54) is 37.0 Å². The first kappa shape index (κ1) is 15.6. The second-order valence-corrected chi connectivity index (χ2v) is 5.23. The molecule has 3 heteroatoms. The van der Waals surface area contributed by atoms with Gasteiger partial charge in [0.05, 0.1) is 5.56 Å². The minimum absolute atomic E-state index is 0.609. The van der Waals surface area contributed by atoms with E-state index in [1.54, 1.807) is 0 Å². The number of benzene rings is 2. The second-order valence-electron chi connectivity index (χ2n) is 5.23. The fraction of sp³-hybridized carbons (Fsp3) is 0.333. The Morgan fingerprint density at radius 3 is 1.76 bits per heavy atom. The van der Waals surface area contributed by atoms with E-state index >= 15 is 0 Å². The van der Waals surface area contributed by atoms with Gasteiger partial charge in [-0.05, 0) is 41.7 Å². The summed E-state index contributed by atoms with van der Waals surface area (Å²) in [5, 5.41) is 0. The lowest BCUT2D eigenvalue weighted by atomic mass is 10.0. The second kappa shape index (κ2) is 6.79. The summed E-state index contributed by atoms with van der Waals surface area (Å²) in [6.45, 7) is 2.17. The van der Waals surface area contributed by atoms with Crippen LogP contribution in [0.25, 0.3) is 11.1 Å². The summed E-state index contributed by atoms with van der Waals surface area (Å²) in [6, 6.07) is 13.4. The molecule has 0 nitrogen and oxygen atoms in total. The first-order valence-electron chi connectivity index (χ1n) is 7.27. The van der Waals surface area contributed by atoms with Crippen molar-refractivity contribution < 1.29 is 13.2 Å². The maximum atomic E-state index is 12.5. The topological polar surface area (TPSA) is 0 Å². The predicted molar refractivity (Wildman–Crippen MR) is 80.1 cm³/mol. The summed E-state index contributed by atoms with van der Waals surface area (Å²) in [6.07, 6.45) is 0.378. The van der Waals surface area contributed by atoms with Gasteiger partial charge >= 0.3 is 6.18 Å². The van der Waals surface area contributed by atoms with Gasteiger partial charge in [0.1, 0.15) is 0 Å². The molecule has 0 saturated carbocycles. The molecule has 0 aliphatic rings. The Hall–Kier alpha value is -1.77. The molecule has 0 amide bonds. The Balaban J connectivity index is 2.08. The molecule has 0 heterocycles. The molecule has 0 N–H and O–H groups in total. The van der Waals surface area contributed by atoms with Gasteiger partial charge in [-0.1, -0.05) is 56.2 Å². The zero-order chi connectivity index (χ0) is 15.3.